The first-order chi connectivity index (χ1) is 13.6. The highest BCUT2D eigenvalue weighted by atomic mass is 127. The van der Waals surface area contributed by atoms with E-state index in [2.05, 4.69) is 50.0 Å². The van der Waals surface area contributed by atoms with Gasteiger partial charge in [0.05, 0.1) is 0 Å². The summed E-state index contributed by atoms with van der Waals surface area (Å²) in [5, 5.41) is 6.79. The van der Waals surface area contributed by atoms with Crippen molar-refractivity contribution < 1.29 is 18.0 Å². The molecule has 6 nitrogen and oxygen atoms in total. The summed E-state index contributed by atoms with van der Waals surface area (Å²) in [6.07, 6.45) is -4.52. The van der Waals surface area contributed by atoms with Crippen LogP contribution in [0, 0.1) is 17.4 Å². The number of nitrogens with zero attached hydrogens (tertiary/aromatic N) is 4. The molecule has 0 saturated carbocycles. The van der Waals surface area contributed by atoms with Crippen LogP contribution >= 0.6 is 22.6 Å². The molecule has 3 rings (SSSR count). The van der Waals surface area contributed by atoms with Gasteiger partial charge in [0.1, 0.15) is 6.54 Å². The van der Waals surface area contributed by atoms with Crippen molar-refractivity contribution in [1.29, 1.82) is 0 Å². The van der Waals surface area contributed by atoms with E-state index in [0.717, 1.165) is 19.6 Å². The molecule has 2 aromatic rings. The molecule has 0 bridgehead atoms. The van der Waals surface area contributed by atoms with Crippen LogP contribution in [0.2, 0.25) is 0 Å². The van der Waals surface area contributed by atoms with Gasteiger partial charge < -0.3 is 15.1 Å². The molecule has 29 heavy (non-hydrogen) atoms. The van der Waals surface area contributed by atoms with Crippen molar-refractivity contribution in [3.05, 3.63) is 38.7 Å². The number of amides is 1. The third-order valence-corrected chi connectivity index (χ3v) is 6.22. The van der Waals surface area contributed by atoms with E-state index in [4.69, 9.17) is 0 Å². The molecule has 0 aliphatic carbocycles. The summed E-state index contributed by atoms with van der Waals surface area (Å²) in [4.78, 5) is 16.5. The number of carbonyl (C=O) groups excluding carboxylic acids is 1. The molecule has 0 radical (unpaired) electrons. The van der Waals surface area contributed by atoms with E-state index < -0.39 is 11.9 Å². The highest BCUT2D eigenvalue weighted by molar-refractivity contribution is 14.1. The molecule has 1 N–H and O–H groups in total. The van der Waals surface area contributed by atoms with E-state index >= 15 is 0 Å². The minimum Gasteiger partial charge on any atom is -0.387 e. The van der Waals surface area contributed by atoms with Crippen molar-refractivity contribution in [3.8, 4) is 0 Å². The number of benzene rings is 1. The fourth-order valence-corrected chi connectivity index (χ4v) is 4.01. The standard InChI is InChI=1S/C19H23F3IN5O/c1-12-13(2)28(25-18(12)19(20,21)22)11-17(29)27-8-6-26(7-9-27)14-4-5-15(23)16(10-14)24-3/h4-5,10,24H,6-9,11H2,1-3H3. The first-order valence-corrected chi connectivity index (χ1v) is 10.3. The van der Waals surface area contributed by atoms with E-state index in [0.29, 0.717) is 31.9 Å². The Labute approximate surface area is 181 Å². The second-order valence-corrected chi connectivity index (χ2v) is 8.16. The first kappa shape index (κ1) is 21.7. The van der Waals surface area contributed by atoms with Crippen molar-refractivity contribution in [2.45, 2.75) is 26.6 Å². The van der Waals surface area contributed by atoms with Gasteiger partial charge in [-0.2, -0.15) is 18.3 Å². The predicted molar refractivity (Wildman–Crippen MR) is 114 cm³/mol. The van der Waals surface area contributed by atoms with E-state index in [9.17, 15) is 18.0 Å². The lowest BCUT2D eigenvalue weighted by Gasteiger charge is -2.36. The molecule has 0 atom stereocenters. The SMILES string of the molecule is CNc1cc(N2CCN(C(=O)Cn3nc(C(F)(F)F)c(C)c3C)CC2)ccc1I. The number of anilines is 2. The predicted octanol–water partition coefficient (Wildman–Crippen LogP) is 3.51. The number of alkyl halides is 3. The van der Waals surface area contributed by atoms with Crippen LogP contribution in [0.5, 0.6) is 0 Å². The summed E-state index contributed by atoms with van der Waals surface area (Å²) in [5.74, 6) is -0.220. The molecular weight excluding hydrogens is 498 g/mol. The number of hydrogen-bond acceptors (Lipinski definition) is 4. The summed E-state index contributed by atoms with van der Waals surface area (Å²) >= 11 is 2.27. The lowest BCUT2D eigenvalue weighted by Crippen LogP contribution is -2.49. The van der Waals surface area contributed by atoms with E-state index in [-0.39, 0.29) is 18.0 Å². The van der Waals surface area contributed by atoms with Gasteiger partial charge in [-0.15, -0.1) is 0 Å². The third kappa shape index (κ3) is 4.62. The summed E-state index contributed by atoms with van der Waals surface area (Å²) in [7, 11) is 1.88. The maximum absolute atomic E-state index is 13.0. The second-order valence-electron chi connectivity index (χ2n) is 7.00. The van der Waals surface area contributed by atoms with Crippen molar-refractivity contribution in [3.63, 3.8) is 0 Å². The van der Waals surface area contributed by atoms with Crippen LogP contribution in [0.4, 0.5) is 24.5 Å². The van der Waals surface area contributed by atoms with Crippen LogP contribution in [0.25, 0.3) is 0 Å². The van der Waals surface area contributed by atoms with Gasteiger partial charge in [-0.25, -0.2) is 0 Å². The fourth-order valence-electron chi connectivity index (χ4n) is 3.40. The van der Waals surface area contributed by atoms with Crippen LogP contribution in [-0.4, -0.2) is 53.8 Å². The van der Waals surface area contributed by atoms with Crippen molar-refractivity contribution in [2.24, 2.45) is 0 Å². The van der Waals surface area contributed by atoms with Gasteiger partial charge in [0.15, 0.2) is 5.69 Å². The van der Waals surface area contributed by atoms with E-state index in [1.165, 1.54) is 6.92 Å². The quantitative estimate of drug-likeness (QED) is 0.627. The van der Waals surface area contributed by atoms with E-state index in [1.54, 1.807) is 11.8 Å². The average Bonchev–Trinajstić information content (AvgIpc) is 2.97. The molecule has 1 aliphatic rings. The molecule has 1 saturated heterocycles. The minimum atomic E-state index is -4.52. The van der Waals surface area contributed by atoms with Crippen LogP contribution in [0.1, 0.15) is 17.0 Å². The number of carbonyl (C=O) groups is 1. The highest BCUT2D eigenvalue weighted by Gasteiger charge is 2.37. The van der Waals surface area contributed by atoms with Gasteiger partial charge in [-0.1, -0.05) is 0 Å². The fraction of sp³-hybridized carbons (Fsp3) is 0.474. The molecule has 0 spiro atoms. The number of rotatable bonds is 4. The number of halogens is 4. The largest absolute Gasteiger partial charge is 0.435 e. The smallest absolute Gasteiger partial charge is 0.387 e. The maximum Gasteiger partial charge on any atom is 0.435 e. The highest BCUT2D eigenvalue weighted by Crippen LogP contribution is 2.32. The average molecular weight is 521 g/mol. The zero-order valence-corrected chi connectivity index (χ0v) is 18.6. The molecule has 1 aromatic carbocycles. The van der Waals surface area contributed by atoms with E-state index in [1.807, 2.05) is 13.1 Å². The number of hydrogen-bond donors (Lipinski definition) is 1. The lowest BCUT2D eigenvalue weighted by molar-refractivity contribution is -0.142. The zero-order chi connectivity index (χ0) is 21.3. The van der Waals surface area contributed by atoms with Gasteiger partial charge >= 0.3 is 6.18 Å². The second kappa shape index (κ2) is 8.41. The molecule has 2 heterocycles. The van der Waals surface area contributed by atoms with Crippen LogP contribution in [0.15, 0.2) is 18.2 Å². The minimum absolute atomic E-state index is 0.0640. The molecule has 1 fully saturated rings. The number of aromatic nitrogens is 2. The molecule has 10 heteroatoms. The van der Waals surface area contributed by atoms with Crippen LogP contribution in [-0.2, 0) is 17.5 Å². The van der Waals surface area contributed by atoms with Crippen LogP contribution in [0.3, 0.4) is 0 Å². The van der Waals surface area contributed by atoms with Gasteiger partial charge in [0.2, 0.25) is 5.91 Å². The van der Waals surface area contributed by atoms with Crippen LogP contribution < -0.4 is 10.2 Å². The number of piperazine rings is 1. The van der Waals surface area contributed by atoms with Crippen molar-refractivity contribution >= 4 is 39.9 Å². The van der Waals surface area contributed by atoms with Gasteiger partial charge in [0, 0.05) is 59.4 Å². The Morgan fingerprint density at radius 1 is 1.21 bits per heavy atom. The topological polar surface area (TPSA) is 53.4 Å². The zero-order valence-electron chi connectivity index (χ0n) is 16.5. The summed E-state index contributed by atoms with van der Waals surface area (Å²) in [6, 6.07) is 6.17. The molecule has 0 unspecified atom stereocenters. The molecular formula is C19H23F3IN5O. The molecule has 1 aromatic heterocycles. The Kier molecular flexibility index (Phi) is 6.30. The first-order valence-electron chi connectivity index (χ1n) is 9.23. The summed E-state index contributed by atoms with van der Waals surface area (Å²) in [6.45, 7) is 5.12. The Morgan fingerprint density at radius 2 is 1.86 bits per heavy atom. The lowest BCUT2D eigenvalue weighted by atomic mass is 10.2. The molecule has 1 aliphatic heterocycles. The third-order valence-electron chi connectivity index (χ3n) is 5.28. The Bertz CT molecular complexity index is 904. The molecule has 158 valence electrons. The summed E-state index contributed by atoms with van der Waals surface area (Å²) < 4.78 is 41.4. The summed E-state index contributed by atoms with van der Waals surface area (Å²) in [5.41, 5.74) is 1.63. The monoisotopic (exact) mass is 521 g/mol. The molecule has 1 amide bonds. The normalized spacial score (nSPS) is 15.0. The Balaban J connectivity index is 1.64. The maximum atomic E-state index is 13.0. The van der Waals surface area contributed by atoms with Crippen molar-refractivity contribution in [2.75, 3.05) is 43.4 Å². The van der Waals surface area contributed by atoms with Gasteiger partial charge in [0.25, 0.3) is 0 Å². The Hall–Kier alpha value is -1.98. The number of nitrogens with one attached hydrogen (secondary N) is 1. The van der Waals surface area contributed by atoms with Gasteiger partial charge in [-0.3, -0.25) is 9.48 Å². The van der Waals surface area contributed by atoms with Gasteiger partial charge in [-0.05, 0) is 54.6 Å². The van der Waals surface area contributed by atoms with Crippen molar-refractivity contribution in [1.82, 2.24) is 14.7 Å². The Morgan fingerprint density at radius 3 is 2.41 bits per heavy atom.